The van der Waals surface area contributed by atoms with Crippen LogP contribution < -0.4 is 41.1 Å². The van der Waals surface area contributed by atoms with Crippen molar-refractivity contribution in [2.24, 2.45) is 0 Å². The molecule has 358 valence electrons. The largest absolute Gasteiger partial charge is 1.00 e. The van der Waals surface area contributed by atoms with Crippen molar-refractivity contribution in [2.75, 3.05) is 81.4 Å². The molecule has 0 fully saturated rings. The molecule has 0 aliphatic rings. The zero-order chi connectivity index (χ0) is 46.8. The highest BCUT2D eigenvalue weighted by atomic mass is 79.9. The number of aliphatic hydroxyl groups is 4. The van der Waals surface area contributed by atoms with Crippen molar-refractivity contribution in [1.82, 2.24) is 4.98 Å². The maximum atomic E-state index is 9.11. The van der Waals surface area contributed by atoms with Crippen molar-refractivity contribution in [2.45, 2.75) is 39.7 Å². The molecule has 13 heteroatoms. The number of aromatic nitrogens is 2. The molecule has 2 aromatic carbocycles. The highest BCUT2D eigenvalue weighted by Gasteiger charge is 2.06. The van der Waals surface area contributed by atoms with Gasteiger partial charge in [0, 0.05) is 86.3 Å². The molecular weight excluding hydrogens is 970 g/mol. The molecule has 5 N–H and O–H groups in total. The average molecular weight is 1050 g/mol. The van der Waals surface area contributed by atoms with Crippen molar-refractivity contribution >= 4 is 52.0 Å². The van der Waals surface area contributed by atoms with Crippen molar-refractivity contribution in [3.05, 3.63) is 183 Å². The first-order valence-electron chi connectivity index (χ1n) is 21.2. The van der Waals surface area contributed by atoms with Crippen LogP contribution in [0.4, 0.5) is 11.4 Å². The summed E-state index contributed by atoms with van der Waals surface area (Å²) < 4.78 is 7.21. The molecule has 0 spiro atoms. The molecule has 4 rings (SSSR count). The van der Waals surface area contributed by atoms with Crippen LogP contribution in [0.1, 0.15) is 36.0 Å². The van der Waals surface area contributed by atoms with E-state index >= 15 is 0 Å². The lowest BCUT2D eigenvalue weighted by molar-refractivity contribution is -0.696. The normalized spacial score (nSPS) is 10.1. The number of pyridine rings is 2. The lowest BCUT2D eigenvalue weighted by atomic mass is 10.1. The molecule has 0 bridgehead atoms. The second-order valence-corrected chi connectivity index (χ2v) is 14.3. The second kappa shape index (κ2) is 45.9. The molecule has 10 nitrogen and oxygen atoms in total. The Morgan fingerprint density at radius 3 is 1.57 bits per heavy atom. The van der Waals surface area contributed by atoms with Crippen LogP contribution >= 0.6 is 28.3 Å². The molecular formula is C52H75Br2ClN5O5+. The first-order chi connectivity index (χ1) is 30.7. The van der Waals surface area contributed by atoms with E-state index in [4.69, 9.17) is 25.2 Å². The van der Waals surface area contributed by atoms with Crippen LogP contribution in [0.3, 0.4) is 0 Å². The van der Waals surface area contributed by atoms with Crippen LogP contribution in [-0.4, -0.2) is 103 Å². The van der Waals surface area contributed by atoms with E-state index in [1.807, 2.05) is 120 Å². The molecule has 0 saturated carbocycles. The molecule has 4 aromatic rings. The maximum absolute atomic E-state index is 9.11. The lowest BCUT2D eigenvalue weighted by Crippen LogP contribution is -3.00. The van der Waals surface area contributed by atoms with Gasteiger partial charge in [0.1, 0.15) is 12.3 Å². The van der Waals surface area contributed by atoms with Crippen LogP contribution in [0.15, 0.2) is 166 Å². The third-order valence-corrected chi connectivity index (χ3v) is 9.03. The quantitative estimate of drug-likeness (QED) is 0.0185. The minimum Gasteiger partial charge on any atom is -1.00 e. The Morgan fingerprint density at radius 2 is 1.18 bits per heavy atom. The molecule has 0 atom stereocenters. The van der Waals surface area contributed by atoms with Gasteiger partial charge in [0.25, 0.3) is 0 Å². The molecule has 0 unspecified atom stereocenters. The molecule has 2 aromatic heterocycles. The van der Waals surface area contributed by atoms with E-state index in [1.165, 1.54) is 11.1 Å². The molecule has 0 aliphatic heterocycles. The number of hydrogen-bond donors (Lipinski definition) is 5. The van der Waals surface area contributed by atoms with Gasteiger partial charge in [-0.2, -0.15) is 0 Å². The Labute approximate surface area is 415 Å². The Kier molecular flexibility index (Phi) is 45.6. The highest BCUT2D eigenvalue weighted by molar-refractivity contribution is 9.09. The van der Waals surface area contributed by atoms with E-state index in [0.29, 0.717) is 26.2 Å². The van der Waals surface area contributed by atoms with Crippen molar-refractivity contribution in [1.29, 1.82) is 0 Å². The predicted molar refractivity (Wildman–Crippen MR) is 277 cm³/mol. The van der Waals surface area contributed by atoms with Gasteiger partial charge in [-0.25, -0.2) is 9.56 Å². The zero-order valence-electron chi connectivity index (χ0n) is 38.7. The molecule has 0 saturated heterocycles. The Balaban J connectivity index is -0.000000816. The van der Waals surface area contributed by atoms with Gasteiger partial charge in [0.05, 0.1) is 33.5 Å². The summed E-state index contributed by atoms with van der Waals surface area (Å²) in [7, 11) is 1.62. The minimum absolute atomic E-state index is 0. The van der Waals surface area contributed by atoms with E-state index in [9.17, 15) is 0 Å². The van der Waals surface area contributed by atoms with Crippen molar-refractivity contribution in [3.63, 3.8) is 0 Å². The van der Waals surface area contributed by atoms with Crippen LogP contribution in [0.25, 0.3) is 6.08 Å². The summed E-state index contributed by atoms with van der Waals surface area (Å²) in [4.78, 5) is 10.9. The number of ether oxygens (including phenoxy) is 1. The van der Waals surface area contributed by atoms with E-state index in [2.05, 4.69) is 88.2 Å². The number of aryl methyl sites for hydroxylation is 3. The van der Waals surface area contributed by atoms with E-state index in [1.54, 1.807) is 25.6 Å². The SMILES string of the molecule is C=CCCBr.C=CCC[NH+]=C/C=C(C=C)/C=C/c1ccc(N(CCO)CCO)cc1.C=CCC[n+]1ccc(C)cc1.COc1ccc(N(CCO)CCO)cc1.Cc1ccncc1.Cl.[Br-]. The molecule has 65 heavy (non-hydrogen) atoms. The number of methoxy groups -OCH3 is 1. The van der Waals surface area contributed by atoms with Gasteiger partial charge in [-0.05, 0) is 91.1 Å². The number of rotatable bonds is 23. The summed E-state index contributed by atoms with van der Waals surface area (Å²) in [5, 5.41) is 37.0. The van der Waals surface area contributed by atoms with E-state index < -0.39 is 0 Å². The number of alkyl halides is 1. The molecule has 0 aliphatic carbocycles. The van der Waals surface area contributed by atoms with Gasteiger partial charge in [0.15, 0.2) is 25.2 Å². The van der Waals surface area contributed by atoms with Gasteiger partial charge in [-0.3, -0.25) is 4.98 Å². The predicted octanol–water partition coefficient (Wildman–Crippen LogP) is 4.45. The number of allylic oxidation sites excluding steroid dienone is 6. The van der Waals surface area contributed by atoms with Crippen LogP contribution in [0, 0.1) is 13.8 Å². The van der Waals surface area contributed by atoms with Gasteiger partial charge < -0.3 is 51.9 Å². The third-order valence-electron chi connectivity index (χ3n) is 8.58. The Hall–Kier alpha value is -4.66. The Bertz CT molecular complexity index is 1820. The molecule has 0 amide bonds. The summed E-state index contributed by atoms with van der Waals surface area (Å²) in [5.41, 5.74) is 6.61. The number of halogens is 3. The monoisotopic (exact) mass is 1040 g/mol. The van der Waals surface area contributed by atoms with Crippen molar-refractivity contribution in [3.8, 4) is 5.75 Å². The van der Waals surface area contributed by atoms with Crippen LogP contribution in [-0.2, 0) is 6.54 Å². The highest BCUT2D eigenvalue weighted by Crippen LogP contribution is 2.19. The maximum Gasteiger partial charge on any atom is 0.169 e. The minimum atomic E-state index is 0. The van der Waals surface area contributed by atoms with Gasteiger partial charge >= 0.3 is 0 Å². The smallest absolute Gasteiger partial charge is 0.169 e. The van der Waals surface area contributed by atoms with Crippen LogP contribution in [0.5, 0.6) is 5.75 Å². The third kappa shape index (κ3) is 34.4. The Morgan fingerprint density at radius 1 is 0.708 bits per heavy atom. The summed E-state index contributed by atoms with van der Waals surface area (Å²) in [6.45, 7) is 23.1. The summed E-state index contributed by atoms with van der Waals surface area (Å²) in [6.07, 6.45) is 26.2. The fourth-order valence-corrected chi connectivity index (χ4v) is 5.37. The topological polar surface area (TPSA) is 127 Å². The fraction of sp³-hybridized carbons (Fsp3) is 0.327. The summed E-state index contributed by atoms with van der Waals surface area (Å²) in [6, 6.07) is 23.7. The first-order valence-corrected chi connectivity index (χ1v) is 22.3. The average Bonchev–Trinajstić information content (AvgIpc) is 3.31. The number of anilines is 2. The lowest BCUT2D eigenvalue weighted by Gasteiger charge is -2.22. The van der Waals surface area contributed by atoms with E-state index in [-0.39, 0.29) is 55.8 Å². The number of nitrogens with zero attached hydrogens (tertiary/aromatic N) is 4. The summed E-state index contributed by atoms with van der Waals surface area (Å²) in [5.74, 6) is 0.798. The number of benzene rings is 2. The van der Waals surface area contributed by atoms with Gasteiger partial charge in [-0.1, -0.05) is 71.1 Å². The van der Waals surface area contributed by atoms with Gasteiger partial charge in [0.2, 0.25) is 0 Å². The first kappa shape index (κ1) is 64.6. The zero-order valence-corrected chi connectivity index (χ0v) is 42.7. The second-order valence-electron chi connectivity index (χ2n) is 13.5. The van der Waals surface area contributed by atoms with Gasteiger partial charge in [-0.15, -0.1) is 32.1 Å². The van der Waals surface area contributed by atoms with Crippen LogP contribution in [0.2, 0.25) is 0 Å². The standard InChI is InChI=1S/C21H28N2O2.C11H17NO3.C10H14N.C6H7N.C4H7Br.BrH.ClH/c1-3-5-13-22-14-12-19(4-2)6-7-20-8-10-21(11-9-20)23(15-17-24)16-18-25;1-15-11-4-2-10(3-5-11)12(6-8-13)7-9-14;1-3-4-7-11-8-5-10(2)6-9-11;1-6-2-4-7-5-3-6;1-2-3-4-5;;/h3-4,6-12,14,24-25H,1-2,5,13,15-18H2;2-5,13-14H,6-9H2,1H3;3,5-6,8-9H,1,4,7H2,2H3;2-5H,1H3;2H,1,3-4H2;2*1H/q;;+1;;;;/b7-6+,19-12+,22-14?;;;;;;. The number of aliphatic hydroxyl groups excluding tert-OH is 4. The molecule has 0 radical (unpaired) electrons. The summed E-state index contributed by atoms with van der Waals surface area (Å²) >= 11 is 3.24. The van der Waals surface area contributed by atoms with Crippen molar-refractivity contribution < 1.29 is 51.7 Å². The number of nitrogens with one attached hydrogen (secondary N) is 1. The molecule has 2 heterocycles. The van der Waals surface area contributed by atoms with E-state index in [0.717, 1.165) is 65.9 Å². The number of hydrogen-bond acceptors (Lipinski definition) is 8. The fourth-order valence-electron chi connectivity index (χ4n) is 5.04.